The predicted octanol–water partition coefficient (Wildman–Crippen LogP) is 3.38. The van der Waals surface area contributed by atoms with Crippen LogP contribution in [0.4, 0.5) is 0 Å². The number of furan rings is 1. The van der Waals surface area contributed by atoms with Gasteiger partial charge in [-0.2, -0.15) is 0 Å². The molecule has 1 amide bonds. The van der Waals surface area contributed by atoms with E-state index in [-0.39, 0.29) is 23.3 Å². The van der Waals surface area contributed by atoms with Crippen molar-refractivity contribution in [1.29, 1.82) is 0 Å². The van der Waals surface area contributed by atoms with E-state index in [1.807, 2.05) is 39.8 Å². The van der Waals surface area contributed by atoms with Gasteiger partial charge >= 0.3 is 0 Å². The smallest absolute Gasteiger partial charge is 0.253 e. The highest BCUT2D eigenvalue weighted by atomic mass is 16.5. The standard InChI is InChI=1S/C23H22N2O4/c1-28-18-6-4-16(5-7-18)23(27)24-12-15-11-17(14-24)22-19(20-3-2-10-29-20)8-9-21(26)25(22)13-15/h2-10,15,17H,11-14H2,1H3/t15-,17+/m0/s1. The maximum atomic E-state index is 13.1. The molecule has 2 aliphatic rings. The highest BCUT2D eigenvalue weighted by Crippen LogP contribution is 2.40. The van der Waals surface area contributed by atoms with E-state index in [2.05, 4.69) is 0 Å². The third-order valence-electron chi connectivity index (χ3n) is 6.00. The Hall–Kier alpha value is -3.28. The molecule has 0 radical (unpaired) electrons. The first-order chi connectivity index (χ1) is 14.1. The molecular weight excluding hydrogens is 368 g/mol. The maximum Gasteiger partial charge on any atom is 0.253 e. The van der Waals surface area contributed by atoms with Gasteiger partial charge in [0.1, 0.15) is 11.5 Å². The number of fused-ring (bicyclic) bond motifs is 4. The van der Waals surface area contributed by atoms with Crippen molar-refractivity contribution in [3.63, 3.8) is 0 Å². The second kappa shape index (κ2) is 6.95. The molecule has 1 aromatic carbocycles. The first-order valence-corrected chi connectivity index (χ1v) is 9.85. The van der Waals surface area contributed by atoms with Crippen molar-refractivity contribution in [1.82, 2.24) is 9.47 Å². The van der Waals surface area contributed by atoms with Crippen LogP contribution in [0.5, 0.6) is 5.75 Å². The van der Waals surface area contributed by atoms with E-state index in [4.69, 9.17) is 9.15 Å². The van der Waals surface area contributed by atoms with E-state index in [1.54, 1.807) is 31.6 Å². The Bertz CT molecular complexity index is 1100. The molecule has 2 bridgehead atoms. The van der Waals surface area contributed by atoms with Crippen molar-refractivity contribution in [2.45, 2.75) is 18.9 Å². The fourth-order valence-electron chi connectivity index (χ4n) is 4.74. The van der Waals surface area contributed by atoms with E-state index < -0.39 is 0 Å². The maximum absolute atomic E-state index is 13.1. The number of pyridine rings is 1. The fourth-order valence-corrected chi connectivity index (χ4v) is 4.74. The summed E-state index contributed by atoms with van der Waals surface area (Å²) in [6.45, 7) is 1.89. The van der Waals surface area contributed by atoms with Crippen molar-refractivity contribution in [3.05, 3.63) is 76.4 Å². The van der Waals surface area contributed by atoms with Crippen LogP contribution in [0.2, 0.25) is 0 Å². The number of nitrogens with zero attached hydrogens (tertiary/aromatic N) is 2. The summed E-state index contributed by atoms with van der Waals surface area (Å²) in [5, 5.41) is 0. The first kappa shape index (κ1) is 17.8. The van der Waals surface area contributed by atoms with Gasteiger partial charge in [-0.25, -0.2) is 0 Å². The molecule has 1 saturated heterocycles. The monoisotopic (exact) mass is 390 g/mol. The summed E-state index contributed by atoms with van der Waals surface area (Å²) in [5.74, 6) is 1.89. The summed E-state index contributed by atoms with van der Waals surface area (Å²) in [4.78, 5) is 27.6. The molecule has 0 aliphatic carbocycles. The summed E-state index contributed by atoms with van der Waals surface area (Å²) in [7, 11) is 1.61. The van der Waals surface area contributed by atoms with Crippen LogP contribution in [0.1, 0.15) is 28.4 Å². The number of ether oxygens (including phenoxy) is 1. The molecule has 3 aromatic rings. The molecule has 0 saturated carbocycles. The number of hydrogen-bond donors (Lipinski definition) is 0. The van der Waals surface area contributed by atoms with Crippen LogP contribution in [0.3, 0.4) is 0 Å². The van der Waals surface area contributed by atoms with Gasteiger partial charge < -0.3 is 18.6 Å². The van der Waals surface area contributed by atoms with Crippen LogP contribution in [0.25, 0.3) is 11.3 Å². The number of likely N-dealkylation sites (tertiary alicyclic amines) is 1. The third-order valence-corrected chi connectivity index (χ3v) is 6.00. The van der Waals surface area contributed by atoms with Gasteiger partial charge in [0, 0.05) is 48.4 Å². The molecule has 29 heavy (non-hydrogen) atoms. The van der Waals surface area contributed by atoms with Gasteiger partial charge in [0.2, 0.25) is 0 Å². The molecule has 5 rings (SSSR count). The number of hydrogen-bond acceptors (Lipinski definition) is 4. The topological polar surface area (TPSA) is 64.7 Å². The van der Waals surface area contributed by atoms with Gasteiger partial charge in [-0.3, -0.25) is 9.59 Å². The first-order valence-electron chi connectivity index (χ1n) is 9.85. The molecule has 0 spiro atoms. The lowest BCUT2D eigenvalue weighted by Gasteiger charge is -2.43. The van der Waals surface area contributed by atoms with Gasteiger partial charge in [0.05, 0.1) is 13.4 Å². The molecule has 6 nitrogen and oxygen atoms in total. The van der Waals surface area contributed by atoms with Gasteiger partial charge in [-0.15, -0.1) is 0 Å². The summed E-state index contributed by atoms with van der Waals surface area (Å²) in [6, 6.07) is 14.4. The van der Waals surface area contributed by atoms with Crippen LogP contribution >= 0.6 is 0 Å². The minimum Gasteiger partial charge on any atom is -0.497 e. The summed E-state index contributed by atoms with van der Waals surface area (Å²) in [6.07, 6.45) is 2.62. The van der Waals surface area contributed by atoms with Crippen molar-refractivity contribution in [2.75, 3.05) is 20.2 Å². The van der Waals surface area contributed by atoms with Gasteiger partial charge in [0.25, 0.3) is 11.5 Å². The van der Waals surface area contributed by atoms with Gasteiger partial charge in [-0.05, 0) is 54.8 Å². The molecule has 0 unspecified atom stereocenters. The summed E-state index contributed by atoms with van der Waals surface area (Å²) in [5.41, 5.74) is 2.59. The number of methoxy groups -OCH3 is 1. The van der Waals surface area contributed by atoms with Gasteiger partial charge in [0.15, 0.2) is 0 Å². The van der Waals surface area contributed by atoms with Crippen molar-refractivity contribution >= 4 is 5.91 Å². The lowest BCUT2D eigenvalue weighted by molar-refractivity contribution is 0.0595. The van der Waals surface area contributed by atoms with E-state index >= 15 is 0 Å². The van der Waals surface area contributed by atoms with Crippen LogP contribution in [-0.4, -0.2) is 35.6 Å². The Labute approximate surface area is 168 Å². The number of carbonyl (C=O) groups is 1. The molecule has 2 aromatic heterocycles. The van der Waals surface area contributed by atoms with E-state index in [9.17, 15) is 9.59 Å². The number of aromatic nitrogens is 1. The highest BCUT2D eigenvalue weighted by Gasteiger charge is 2.38. The second-order valence-electron chi connectivity index (χ2n) is 7.80. The number of piperidine rings is 1. The molecule has 2 aliphatic heterocycles. The number of carbonyl (C=O) groups excluding carboxylic acids is 1. The average molecular weight is 390 g/mol. The van der Waals surface area contributed by atoms with Gasteiger partial charge in [-0.1, -0.05) is 0 Å². The molecule has 1 fully saturated rings. The zero-order chi connectivity index (χ0) is 20.0. The minimum atomic E-state index is 0.0138. The lowest BCUT2D eigenvalue weighted by atomic mass is 9.81. The quantitative estimate of drug-likeness (QED) is 0.688. The number of rotatable bonds is 3. The molecule has 4 heterocycles. The highest BCUT2D eigenvalue weighted by molar-refractivity contribution is 5.94. The molecule has 0 N–H and O–H groups in total. The number of amides is 1. The van der Waals surface area contributed by atoms with Crippen LogP contribution in [-0.2, 0) is 6.54 Å². The SMILES string of the molecule is COc1ccc(C(=O)N2C[C@@H]3C[C@H](C2)c2c(-c4ccco4)ccc(=O)n2C3)cc1. The zero-order valence-corrected chi connectivity index (χ0v) is 16.2. The van der Waals surface area contributed by atoms with Crippen LogP contribution in [0.15, 0.2) is 64.0 Å². The Morgan fingerprint density at radius 1 is 1.07 bits per heavy atom. The van der Waals surface area contributed by atoms with E-state index in [0.717, 1.165) is 29.2 Å². The third kappa shape index (κ3) is 3.05. The number of benzene rings is 1. The Kier molecular flexibility index (Phi) is 4.27. The Morgan fingerprint density at radius 2 is 1.90 bits per heavy atom. The lowest BCUT2D eigenvalue weighted by Crippen LogP contribution is -2.49. The van der Waals surface area contributed by atoms with Crippen LogP contribution < -0.4 is 10.3 Å². The Balaban J connectivity index is 1.49. The van der Waals surface area contributed by atoms with Crippen molar-refractivity contribution in [2.24, 2.45) is 5.92 Å². The predicted molar refractivity (Wildman–Crippen MR) is 108 cm³/mol. The fraction of sp³-hybridized carbons (Fsp3) is 0.304. The minimum absolute atomic E-state index is 0.0138. The summed E-state index contributed by atoms with van der Waals surface area (Å²) >= 11 is 0. The molecule has 6 heteroatoms. The van der Waals surface area contributed by atoms with E-state index in [0.29, 0.717) is 25.2 Å². The summed E-state index contributed by atoms with van der Waals surface area (Å²) < 4.78 is 12.7. The van der Waals surface area contributed by atoms with Crippen LogP contribution in [0, 0.1) is 5.92 Å². The zero-order valence-electron chi connectivity index (χ0n) is 16.2. The largest absolute Gasteiger partial charge is 0.497 e. The molecular formula is C23H22N2O4. The Morgan fingerprint density at radius 3 is 2.62 bits per heavy atom. The molecule has 2 atom stereocenters. The van der Waals surface area contributed by atoms with Crippen molar-refractivity contribution < 1.29 is 13.9 Å². The van der Waals surface area contributed by atoms with E-state index in [1.165, 1.54) is 0 Å². The normalized spacial score (nSPS) is 20.2. The average Bonchev–Trinajstić information content (AvgIpc) is 3.28. The van der Waals surface area contributed by atoms with Crippen molar-refractivity contribution in [3.8, 4) is 17.1 Å². The second-order valence-corrected chi connectivity index (χ2v) is 7.80. The molecule has 148 valence electrons.